The van der Waals surface area contributed by atoms with Gasteiger partial charge in [0, 0.05) is 24.8 Å². The molecule has 0 aliphatic heterocycles. The van der Waals surface area contributed by atoms with Gasteiger partial charge in [-0.25, -0.2) is 4.98 Å². The largest absolute Gasteiger partial charge is 2.00 e. The van der Waals surface area contributed by atoms with Crippen LogP contribution in [0.5, 0.6) is 0 Å². The second kappa shape index (κ2) is 11.4. The molecule has 0 saturated heterocycles. The summed E-state index contributed by atoms with van der Waals surface area (Å²) in [6.07, 6.45) is 6.40. The first-order valence-corrected chi connectivity index (χ1v) is 9.01. The van der Waals surface area contributed by atoms with Crippen LogP contribution in [-0.4, -0.2) is 48.4 Å². The van der Waals surface area contributed by atoms with Crippen molar-refractivity contribution in [1.82, 2.24) is 15.0 Å². The van der Waals surface area contributed by atoms with E-state index in [2.05, 4.69) is 35.4 Å². The summed E-state index contributed by atoms with van der Waals surface area (Å²) in [5.41, 5.74) is 3.60. The maximum atomic E-state index is 7.98. The quantitative estimate of drug-likeness (QED) is 0.180. The first kappa shape index (κ1) is 23.5. The zero-order valence-corrected chi connectivity index (χ0v) is 17.7. The molecule has 3 heterocycles. The maximum Gasteiger partial charge on any atom is 2.00 e. The van der Waals surface area contributed by atoms with Crippen molar-refractivity contribution in [3.05, 3.63) is 89.8 Å². The van der Waals surface area contributed by atoms with Crippen LogP contribution in [0.2, 0.25) is 0 Å². The zero-order chi connectivity index (χ0) is 21.3. The summed E-state index contributed by atoms with van der Waals surface area (Å²) in [6.45, 7) is 3.54. The Morgan fingerprint density at radius 3 is 1.42 bits per heavy atom. The van der Waals surface area contributed by atoms with E-state index in [4.69, 9.17) is 10.2 Å². The summed E-state index contributed by atoms with van der Waals surface area (Å²) in [5.74, 6) is 0.0816. The van der Waals surface area contributed by atoms with Gasteiger partial charge in [-0.1, -0.05) is 16.3 Å². The summed E-state index contributed by atoms with van der Waals surface area (Å²) in [7, 11) is 0. The molecule has 3 aromatic heterocycles. The van der Waals surface area contributed by atoms with Crippen LogP contribution in [0.1, 0.15) is 36.4 Å². The molecule has 1 radical (unpaired) electrons. The van der Waals surface area contributed by atoms with Gasteiger partial charge in [-0.05, 0) is 50.2 Å². The molecule has 4 N–H and O–H groups in total. The fourth-order valence-electron chi connectivity index (χ4n) is 2.33. The van der Waals surface area contributed by atoms with E-state index in [1.54, 1.807) is 75.0 Å². The zero-order valence-electron chi connectivity index (χ0n) is 16.8. The smallest absolute Gasteiger partial charge is 0.577 e. The molecule has 3 aromatic rings. The van der Waals surface area contributed by atoms with Crippen molar-refractivity contribution in [2.45, 2.75) is 13.8 Å². The van der Waals surface area contributed by atoms with Gasteiger partial charge in [0.05, 0.1) is 33.9 Å². The van der Waals surface area contributed by atoms with Crippen LogP contribution in [0.25, 0.3) is 0 Å². The molecule has 0 fully saturated rings. The Morgan fingerprint density at radius 2 is 1.03 bits per heavy atom. The average molecular weight is 467 g/mol. The van der Waals surface area contributed by atoms with E-state index >= 15 is 0 Å². The van der Waals surface area contributed by atoms with E-state index in [1.807, 2.05) is 6.07 Å². The van der Waals surface area contributed by atoms with E-state index in [-0.39, 0.29) is 28.9 Å². The monoisotopic (exact) mass is 466 g/mol. The fraction of sp³-hybridized carbons (Fsp3) is 0.0952. The van der Waals surface area contributed by atoms with Crippen molar-refractivity contribution < 1.29 is 27.3 Å². The molecule has 0 aromatic carbocycles. The molecule has 0 aliphatic carbocycles. The van der Waals surface area contributed by atoms with E-state index in [0.29, 0.717) is 33.9 Å². The maximum absolute atomic E-state index is 7.98. The van der Waals surface area contributed by atoms with Crippen LogP contribution in [0.4, 0.5) is 0 Å². The molecule has 0 spiro atoms. The number of pyridine rings is 3. The third-order valence-corrected chi connectivity index (χ3v) is 4.00. The van der Waals surface area contributed by atoms with Gasteiger partial charge in [-0.15, -0.1) is 10.2 Å². The molecule has 0 amide bonds. The van der Waals surface area contributed by atoms with Crippen molar-refractivity contribution in [3.8, 4) is 0 Å². The van der Waals surface area contributed by atoms with Crippen LogP contribution in [0.15, 0.2) is 87.7 Å². The van der Waals surface area contributed by atoms with Crippen LogP contribution >= 0.6 is 0 Å². The van der Waals surface area contributed by atoms with Gasteiger partial charge in [0.25, 0.3) is 0 Å². The Labute approximate surface area is 189 Å². The second-order valence-corrected chi connectivity index (χ2v) is 6.15. The summed E-state index contributed by atoms with van der Waals surface area (Å²) in [6, 6.07) is 12.2. The van der Waals surface area contributed by atoms with Crippen molar-refractivity contribution in [2.75, 3.05) is 0 Å². The molecule has 0 atom stereocenters. The molecule has 10 heteroatoms. The van der Waals surface area contributed by atoms with Gasteiger partial charge < -0.3 is 10.2 Å². The first-order valence-electron chi connectivity index (χ1n) is 9.01. The van der Waals surface area contributed by atoms with Crippen LogP contribution in [0, 0.1) is 0 Å². The molecule has 0 bridgehead atoms. The molecular formula is C21H21CuN7O2+4. The molecule has 3 rings (SSSR count). The topological polar surface area (TPSA) is 134 Å². The van der Waals surface area contributed by atoms with Gasteiger partial charge in [0.15, 0.2) is 0 Å². The normalized spacial score (nSPS) is 13.0. The standard InChI is InChI=1S/C21H19N7O2.Cu/c1-14(25-27-20(29)16-6-10-22-11-7-16)18-4-3-5-19(24-18)15(2)26-28-21(30)17-8-12-23-13-9-17;/h3-13H,1-2H3,(H,27,29)(H,28,30);/q;+2/p+2. The second-order valence-electron chi connectivity index (χ2n) is 6.15. The van der Waals surface area contributed by atoms with Crippen LogP contribution < -0.4 is 0 Å². The Kier molecular flexibility index (Phi) is 8.68. The third-order valence-electron chi connectivity index (χ3n) is 4.00. The average Bonchev–Trinajstić information content (AvgIpc) is 2.81. The summed E-state index contributed by atoms with van der Waals surface area (Å²) in [5, 5.41) is 32.1. The minimum Gasteiger partial charge on any atom is -0.577 e. The molecule has 0 saturated carbocycles. The fourth-order valence-corrected chi connectivity index (χ4v) is 2.33. The predicted molar refractivity (Wildman–Crippen MR) is 117 cm³/mol. The summed E-state index contributed by atoms with van der Waals surface area (Å²) >= 11 is 0. The Hall–Kier alpha value is -3.75. The van der Waals surface area contributed by atoms with Gasteiger partial charge in [-0.3, -0.25) is 9.97 Å². The number of rotatable bonds is 6. The van der Waals surface area contributed by atoms with Crippen molar-refractivity contribution in [2.24, 2.45) is 20.4 Å². The Balaban J connectivity index is 0.00000341. The summed E-state index contributed by atoms with van der Waals surface area (Å²) in [4.78, 5) is 12.4. The van der Waals surface area contributed by atoms with Gasteiger partial charge in [-0.2, -0.15) is 0 Å². The number of aromatic nitrogens is 3. The molecule has 9 nitrogen and oxygen atoms in total. The molecule has 159 valence electrons. The number of hydrogen-bond donors (Lipinski definition) is 0. The van der Waals surface area contributed by atoms with Crippen LogP contribution in [-0.2, 0) is 17.1 Å². The van der Waals surface area contributed by atoms with Crippen molar-refractivity contribution >= 4 is 23.2 Å². The van der Waals surface area contributed by atoms with Crippen molar-refractivity contribution in [1.29, 1.82) is 0 Å². The molecule has 31 heavy (non-hydrogen) atoms. The minimum absolute atomic E-state index is 0. The molecular weight excluding hydrogens is 446 g/mol. The SMILES string of the molecule is CC(=NN=C([OH2+])c1ccncc1)c1cccc(C(C)=NN=C([OH2+])c2ccncc2)n1.[Cu+2]. The number of hydrogen-bond acceptors (Lipinski definition) is 7. The van der Waals surface area contributed by atoms with Crippen LogP contribution in [0.3, 0.4) is 0 Å². The molecule has 0 unspecified atom stereocenters. The Morgan fingerprint density at radius 1 is 0.645 bits per heavy atom. The minimum atomic E-state index is 0. The van der Waals surface area contributed by atoms with Gasteiger partial charge in [0.2, 0.25) is 0 Å². The number of nitrogens with zero attached hydrogens (tertiary/aromatic N) is 7. The molecule has 0 aliphatic rings. The first-order chi connectivity index (χ1) is 14.5. The van der Waals surface area contributed by atoms with E-state index in [0.717, 1.165) is 0 Å². The summed E-state index contributed by atoms with van der Waals surface area (Å²) < 4.78 is 0. The van der Waals surface area contributed by atoms with Gasteiger partial charge in [0.1, 0.15) is 0 Å². The predicted octanol–water partition coefficient (Wildman–Crippen LogP) is 1.66. The van der Waals surface area contributed by atoms with E-state index < -0.39 is 0 Å². The van der Waals surface area contributed by atoms with E-state index in [1.165, 1.54) is 0 Å². The Bertz CT molecular complexity index is 1040. The third kappa shape index (κ3) is 6.63. The van der Waals surface area contributed by atoms with Gasteiger partial charge >= 0.3 is 28.9 Å². The van der Waals surface area contributed by atoms with E-state index in [9.17, 15) is 0 Å². The van der Waals surface area contributed by atoms with Crippen molar-refractivity contribution in [3.63, 3.8) is 0 Å².